The summed E-state index contributed by atoms with van der Waals surface area (Å²) in [7, 11) is 0. The Morgan fingerprint density at radius 3 is 2.19 bits per heavy atom. The number of hydrogen-bond acceptors (Lipinski definition) is 1. The number of hydrogen-bond donors (Lipinski definition) is 1. The first-order valence-corrected chi connectivity index (χ1v) is 13.7. The van der Waals surface area contributed by atoms with Crippen molar-refractivity contribution >= 4 is 0 Å². The molecular formula is C30H50O. The minimum atomic E-state index is -0.119. The van der Waals surface area contributed by atoms with E-state index < -0.39 is 0 Å². The third-order valence-electron chi connectivity index (χ3n) is 13.6. The van der Waals surface area contributed by atoms with Crippen molar-refractivity contribution in [3.63, 3.8) is 0 Å². The van der Waals surface area contributed by atoms with Gasteiger partial charge >= 0.3 is 0 Å². The summed E-state index contributed by atoms with van der Waals surface area (Å²) < 4.78 is 0. The molecule has 5 saturated carbocycles. The van der Waals surface area contributed by atoms with Gasteiger partial charge in [0.25, 0.3) is 0 Å². The van der Waals surface area contributed by atoms with E-state index in [-0.39, 0.29) is 11.5 Å². The second-order valence-corrected chi connectivity index (χ2v) is 14.7. The number of fused-ring (bicyclic) bond motifs is 7. The van der Waals surface area contributed by atoms with Crippen molar-refractivity contribution in [1.29, 1.82) is 0 Å². The number of allylic oxidation sites excluding steroid dienone is 1. The minimum absolute atomic E-state index is 0.0623. The van der Waals surface area contributed by atoms with Crippen LogP contribution in [0.2, 0.25) is 0 Å². The first kappa shape index (κ1) is 22.5. The van der Waals surface area contributed by atoms with Gasteiger partial charge in [-0.25, -0.2) is 0 Å². The van der Waals surface area contributed by atoms with Crippen LogP contribution in [0, 0.1) is 56.7 Å². The Morgan fingerprint density at radius 2 is 1.48 bits per heavy atom. The average molecular weight is 427 g/mol. The smallest absolute Gasteiger partial charge is 0.0594 e. The SMILES string of the molecule is C=C1CC[C@]2(C)CC[C@]3(C)C(CCC4[C@@]5(C)CCC(O)C(C)(C)C5CC[C@]43C)C2C1C. The molecule has 5 fully saturated rings. The summed E-state index contributed by atoms with van der Waals surface area (Å²) in [5.41, 5.74) is 3.43. The lowest BCUT2D eigenvalue weighted by molar-refractivity contribution is -0.251. The highest BCUT2D eigenvalue weighted by Crippen LogP contribution is 2.76. The summed E-state index contributed by atoms with van der Waals surface area (Å²) in [4.78, 5) is 0. The molecule has 31 heavy (non-hydrogen) atoms. The van der Waals surface area contributed by atoms with Crippen molar-refractivity contribution < 1.29 is 5.11 Å². The molecule has 0 aromatic rings. The Morgan fingerprint density at radius 1 is 0.774 bits per heavy atom. The van der Waals surface area contributed by atoms with Crippen molar-refractivity contribution in [1.82, 2.24) is 0 Å². The topological polar surface area (TPSA) is 20.2 Å². The lowest BCUT2D eigenvalue weighted by Crippen LogP contribution is -2.67. The first-order chi connectivity index (χ1) is 14.3. The van der Waals surface area contributed by atoms with Crippen molar-refractivity contribution in [2.24, 2.45) is 56.7 Å². The van der Waals surface area contributed by atoms with Gasteiger partial charge in [-0.1, -0.05) is 60.6 Å². The highest BCUT2D eigenvalue weighted by molar-refractivity contribution is 5.21. The van der Waals surface area contributed by atoms with E-state index >= 15 is 0 Å². The predicted molar refractivity (Wildman–Crippen MR) is 131 cm³/mol. The van der Waals surface area contributed by atoms with Crippen molar-refractivity contribution in [3.8, 4) is 0 Å². The van der Waals surface area contributed by atoms with Gasteiger partial charge in [0.15, 0.2) is 0 Å². The molecule has 1 N–H and O–H groups in total. The molecule has 0 amide bonds. The average Bonchev–Trinajstić information content (AvgIpc) is 2.69. The molecule has 6 unspecified atom stereocenters. The van der Waals surface area contributed by atoms with Gasteiger partial charge < -0.3 is 5.11 Å². The second kappa shape index (κ2) is 6.64. The summed E-state index contributed by atoms with van der Waals surface area (Å²) >= 11 is 0. The maximum absolute atomic E-state index is 10.9. The van der Waals surface area contributed by atoms with Crippen molar-refractivity contribution in [3.05, 3.63) is 12.2 Å². The first-order valence-electron chi connectivity index (χ1n) is 13.7. The quantitative estimate of drug-likeness (QED) is 0.389. The molecule has 0 radical (unpaired) electrons. The van der Waals surface area contributed by atoms with Crippen LogP contribution in [0.5, 0.6) is 0 Å². The van der Waals surface area contributed by atoms with E-state index in [1.807, 2.05) is 0 Å². The van der Waals surface area contributed by atoms with E-state index in [9.17, 15) is 5.11 Å². The molecule has 5 aliphatic rings. The molecule has 0 aromatic heterocycles. The van der Waals surface area contributed by atoms with Crippen LogP contribution >= 0.6 is 0 Å². The summed E-state index contributed by atoms with van der Waals surface area (Å²) in [6, 6.07) is 0. The molecule has 0 bridgehead atoms. The molecule has 0 heterocycles. The van der Waals surface area contributed by atoms with Gasteiger partial charge in [-0.2, -0.15) is 0 Å². The maximum atomic E-state index is 10.9. The molecule has 0 aromatic carbocycles. The van der Waals surface area contributed by atoms with Gasteiger partial charge in [0.2, 0.25) is 0 Å². The Labute approximate surface area is 192 Å². The van der Waals surface area contributed by atoms with E-state index in [1.165, 1.54) is 63.4 Å². The summed E-state index contributed by atoms with van der Waals surface area (Å²) in [5.74, 6) is 3.88. The molecule has 1 heteroatoms. The van der Waals surface area contributed by atoms with E-state index in [4.69, 9.17) is 0 Å². The zero-order valence-corrected chi connectivity index (χ0v) is 21.7. The number of aliphatic hydroxyl groups is 1. The van der Waals surface area contributed by atoms with E-state index in [0.29, 0.717) is 33.5 Å². The van der Waals surface area contributed by atoms with Crippen LogP contribution in [0.1, 0.15) is 113 Å². The fourth-order valence-electron chi connectivity index (χ4n) is 11.4. The van der Waals surface area contributed by atoms with Crippen LogP contribution in [-0.2, 0) is 0 Å². The molecule has 0 saturated heterocycles. The third kappa shape index (κ3) is 2.65. The van der Waals surface area contributed by atoms with Gasteiger partial charge in [-0.15, -0.1) is 0 Å². The van der Waals surface area contributed by atoms with Gasteiger partial charge in [0.05, 0.1) is 6.10 Å². The lowest BCUT2D eigenvalue weighted by Gasteiger charge is -2.73. The summed E-state index contributed by atoms with van der Waals surface area (Å²) in [6.07, 6.45) is 13.2. The van der Waals surface area contributed by atoms with E-state index in [1.54, 1.807) is 0 Å². The molecule has 0 spiro atoms. The molecular weight excluding hydrogens is 376 g/mol. The van der Waals surface area contributed by atoms with Gasteiger partial charge in [0, 0.05) is 0 Å². The molecule has 176 valence electrons. The Kier molecular flexibility index (Phi) is 4.82. The minimum Gasteiger partial charge on any atom is -0.393 e. The largest absolute Gasteiger partial charge is 0.393 e. The van der Waals surface area contributed by atoms with Crippen molar-refractivity contribution in [2.45, 2.75) is 119 Å². The molecule has 5 rings (SSSR count). The fraction of sp³-hybridized carbons (Fsp3) is 0.933. The Hall–Kier alpha value is -0.300. The van der Waals surface area contributed by atoms with Crippen LogP contribution in [0.3, 0.4) is 0 Å². The standard InChI is InChI=1S/C30H50O/c1-19-11-14-27(5)17-18-29(7)21(25(27)20(19)2)9-10-23-28(6)15-13-24(31)26(3,4)22(28)12-16-30(23,29)8/h20-25,31H,1,9-18H2,2-8H3/t20?,21?,22?,23?,24?,25?,27-,28+,29-,30-/m1/s1. The Bertz CT molecular complexity index is 766. The molecule has 10 atom stereocenters. The zero-order valence-electron chi connectivity index (χ0n) is 21.7. The van der Waals surface area contributed by atoms with E-state index in [0.717, 1.165) is 24.2 Å². The lowest BCUT2D eigenvalue weighted by atomic mass is 9.31. The zero-order chi connectivity index (χ0) is 22.6. The van der Waals surface area contributed by atoms with Crippen LogP contribution in [0.4, 0.5) is 0 Å². The van der Waals surface area contributed by atoms with Gasteiger partial charge in [-0.05, 0) is 121 Å². The molecule has 0 aliphatic heterocycles. The normalized spacial score (nSPS) is 58.5. The van der Waals surface area contributed by atoms with Crippen LogP contribution in [0.25, 0.3) is 0 Å². The Balaban J connectivity index is 1.54. The summed E-state index contributed by atoms with van der Waals surface area (Å²) in [5, 5.41) is 10.9. The number of rotatable bonds is 0. The molecule has 1 nitrogen and oxygen atoms in total. The monoisotopic (exact) mass is 426 g/mol. The fourth-order valence-corrected chi connectivity index (χ4v) is 11.4. The van der Waals surface area contributed by atoms with E-state index in [2.05, 4.69) is 55.0 Å². The summed E-state index contributed by atoms with van der Waals surface area (Å²) in [6.45, 7) is 22.6. The van der Waals surface area contributed by atoms with Crippen molar-refractivity contribution in [2.75, 3.05) is 0 Å². The van der Waals surface area contributed by atoms with Gasteiger partial charge in [-0.3, -0.25) is 0 Å². The number of aliphatic hydroxyl groups excluding tert-OH is 1. The van der Waals surface area contributed by atoms with Crippen LogP contribution in [0.15, 0.2) is 12.2 Å². The van der Waals surface area contributed by atoms with Crippen LogP contribution < -0.4 is 0 Å². The third-order valence-corrected chi connectivity index (χ3v) is 13.6. The maximum Gasteiger partial charge on any atom is 0.0594 e. The highest BCUT2D eigenvalue weighted by atomic mass is 16.3. The van der Waals surface area contributed by atoms with Gasteiger partial charge in [0.1, 0.15) is 0 Å². The molecule has 5 aliphatic carbocycles. The predicted octanol–water partition coefficient (Wildman–Crippen LogP) is 8.02. The van der Waals surface area contributed by atoms with Crippen LogP contribution in [-0.4, -0.2) is 11.2 Å². The highest BCUT2D eigenvalue weighted by Gasteiger charge is 2.69. The second-order valence-electron chi connectivity index (χ2n) is 14.7.